The molecule has 2 atom stereocenters. The minimum absolute atomic E-state index is 0.0223. The highest BCUT2D eigenvalue weighted by atomic mass is 35.5. The highest BCUT2D eigenvalue weighted by molar-refractivity contribution is 7.10. The van der Waals surface area contributed by atoms with Crippen molar-refractivity contribution in [3.8, 4) is 0 Å². The summed E-state index contributed by atoms with van der Waals surface area (Å²) < 4.78 is 0. The standard InChI is InChI=1S/C14H20ClNOS/c1-3-14(2,9-15)16-13(17)11-5-4-6-12-10(11)7-8-18-12/h7-8,11H,3-6,9H2,1-2H3,(H,16,17). The third-order valence-electron chi connectivity index (χ3n) is 3.87. The number of fused-ring (bicyclic) bond motifs is 1. The number of nitrogens with one attached hydrogen (secondary N) is 1. The van der Waals surface area contributed by atoms with Crippen molar-refractivity contribution in [2.75, 3.05) is 5.88 Å². The second-order valence-corrected chi connectivity index (χ2v) is 6.55. The number of carbonyl (C=O) groups is 1. The third-order valence-corrected chi connectivity index (χ3v) is 5.46. The van der Waals surface area contributed by atoms with Gasteiger partial charge in [-0.2, -0.15) is 0 Å². The molecule has 0 saturated heterocycles. The fourth-order valence-electron chi connectivity index (χ4n) is 2.36. The largest absolute Gasteiger partial charge is 0.349 e. The van der Waals surface area contributed by atoms with E-state index in [0.717, 1.165) is 25.7 Å². The Balaban J connectivity index is 2.12. The van der Waals surface area contributed by atoms with Crippen molar-refractivity contribution in [1.82, 2.24) is 5.32 Å². The molecule has 1 aliphatic rings. The lowest BCUT2D eigenvalue weighted by molar-refractivity contribution is -0.124. The maximum atomic E-state index is 12.4. The van der Waals surface area contributed by atoms with Gasteiger partial charge in [0.05, 0.1) is 11.5 Å². The Morgan fingerprint density at radius 1 is 1.67 bits per heavy atom. The molecule has 2 unspecified atom stereocenters. The van der Waals surface area contributed by atoms with Gasteiger partial charge in [0.2, 0.25) is 5.91 Å². The first-order chi connectivity index (χ1) is 8.59. The van der Waals surface area contributed by atoms with Gasteiger partial charge < -0.3 is 5.32 Å². The normalized spacial score (nSPS) is 22.1. The van der Waals surface area contributed by atoms with Crippen LogP contribution in [0.2, 0.25) is 0 Å². The summed E-state index contributed by atoms with van der Waals surface area (Å²) in [5, 5.41) is 5.22. The Morgan fingerprint density at radius 3 is 3.11 bits per heavy atom. The zero-order valence-corrected chi connectivity index (χ0v) is 12.5. The molecule has 1 N–H and O–H groups in total. The van der Waals surface area contributed by atoms with Crippen LogP contribution in [0.4, 0.5) is 0 Å². The molecule has 2 rings (SSSR count). The predicted octanol–water partition coefficient (Wildman–Crippen LogP) is 3.69. The predicted molar refractivity (Wildman–Crippen MR) is 77.6 cm³/mol. The van der Waals surface area contributed by atoms with Crippen LogP contribution < -0.4 is 5.32 Å². The van der Waals surface area contributed by atoms with Gasteiger partial charge in [-0.1, -0.05) is 6.92 Å². The molecule has 1 aromatic rings. The smallest absolute Gasteiger partial charge is 0.228 e. The molecule has 0 bridgehead atoms. The molecule has 1 heterocycles. The second kappa shape index (κ2) is 5.62. The van der Waals surface area contributed by atoms with Gasteiger partial charge in [0.1, 0.15) is 0 Å². The van der Waals surface area contributed by atoms with E-state index in [1.54, 1.807) is 11.3 Å². The van der Waals surface area contributed by atoms with Crippen LogP contribution in [0.15, 0.2) is 11.4 Å². The lowest BCUT2D eigenvalue weighted by Gasteiger charge is -2.31. The van der Waals surface area contributed by atoms with E-state index in [1.807, 2.05) is 6.92 Å². The number of aryl methyl sites for hydroxylation is 1. The fraction of sp³-hybridized carbons (Fsp3) is 0.643. The molecule has 0 fully saturated rings. The summed E-state index contributed by atoms with van der Waals surface area (Å²) >= 11 is 7.73. The first-order valence-electron chi connectivity index (χ1n) is 6.54. The van der Waals surface area contributed by atoms with Crippen molar-refractivity contribution < 1.29 is 4.79 Å². The zero-order valence-electron chi connectivity index (χ0n) is 11.0. The number of halogens is 1. The summed E-state index contributed by atoms with van der Waals surface area (Å²) in [6.45, 7) is 4.06. The van der Waals surface area contributed by atoms with Crippen LogP contribution >= 0.6 is 22.9 Å². The molecule has 0 saturated carbocycles. The lowest BCUT2D eigenvalue weighted by atomic mass is 9.86. The van der Waals surface area contributed by atoms with Crippen LogP contribution in [0.5, 0.6) is 0 Å². The van der Waals surface area contributed by atoms with Crippen LogP contribution in [0, 0.1) is 0 Å². The Hall–Kier alpha value is -0.540. The molecular weight excluding hydrogens is 266 g/mol. The molecule has 1 aromatic heterocycles. The summed E-state index contributed by atoms with van der Waals surface area (Å²) in [5.74, 6) is 0.617. The first-order valence-corrected chi connectivity index (χ1v) is 7.95. The van der Waals surface area contributed by atoms with Gasteiger partial charge in [0.25, 0.3) is 0 Å². The van der Waals surface area contributed by atoms with E-state index in [9.17, 15) is 4.79 Å². The van der Waals surface area contributed by atoms with Crippen molar-refractivity contribution in [3.05, 3.63) is 21.9 Å². The van der Waals surface area contributed by atoms with E-state index in [0.29, 0.717) is 5.88 Å². The van der Waals surface area contributed by atoms with Gasteiger partial charge in [-0.3, -0.25) is 4.79 Å². The van der Waals surface area contributed by atoms with Crippen molar-refractivity contribution in [1.29, 1.82) is 0 Å². The van der Waals surface area contributed by atoms with Crippen LogP contribution in [0.1, 0.15) is 49.5 Å². The summed E-state index contributed by atoms with van der Waals surface area (Å²) in [6, 6.07) is 2.10. The number of hydrogen-bond acceptors (Lipinski definition) is 2. The number of hydrogen-bond donors (Lipinski definition) is 1. The molecule has 100 valence electrons. The molecule has 0 radical (unpaired) electrons. The molecule has 0 aromatic carbocycles. The molecule has 18 heavy (non-hydrogen) atoms. The van der Waals surface area contributed by atoms with E-state index in [1.165, 1.54) is 10.4 Å². The highest BCUT2D eigenvalue weighted by Gasteiger charge is 2.31. The average Bonchev–Trinajstić information content (AvgIpc) is 2.86. The molecule has 4 heteroatoms. The Bertz CT molecular complexity index is 425. The van der Waals surface area contributed by atoms with E-state index >= 15 is 0 Å². The Morgan fingerprint density at radius 2 is 2.44 bits per heavy atom. The fourth-order valence-corrected chi connectivity index (χ4v) is 3.60. The van der Waals surface area contributed by atoms with Crippen molar-refractivity contribution in [2.24, 2.45) is 0 Å². The quantitative estimate of drug-likeness (QED) is 0.840. The number of alkyl halides is 1. The first kappa shape index (κ1) is 13.9. The number of carbonyl (C=O) groups excluding carboxylic acids is 1. The van der Waals surface area contributed by atoms with Crippen LogP contribution in [-0.4, -0.2) is 17.3 Å². The molecule has 1 aliphatic carbocycles. The summed E-state index contributed by atoms with van der Waals surface area (Å²) in [6.07, 6.45) is 4.04. The molecule has 2 nitrogen and oxygen atoms in total. The molecular formula is C14H20ClNOS. The molecule has 0 spiro atoms. The van der Waals surface area contributed by atoms with Crippen LogP contribution in [0.25, 0.3) is 0 Å². The Kier molecular flexibility index (Phi) is 4.33. The molecule has 1 amide bonds. The van der Waals surface area contributed by atoms with E-state index in [2.05, 4.69) is 23.7 Å². The maximum Gasteiger partial charge on any atom is 0.228 e. The van der Waals surface area contributed by atoms with E-state index in [-0.39, 0.29) is 17.4 Å². The molecule has 0 aliphatic heterocycles. The van der Waals surface area contributed by atoms with E-state index in [4.69, 9.17) is 11.6 Å². The SMILES string of the molecule is CCC(C)(CCl)NC(=O)C1CCCc2sccc21. The maximum absolute atomic E-state index is 12.4. The van der Waals surface area contributed by atoms with Crippen LogP contribution in [0.3, 0.4) is 0 Å². The minimum Gasteiger partial charge on any atom is -0.349 e. The topological polar surface area (TPSA) is 29.1 Å². The van der Waals surface area contributed by atoms with E-state index < -0.39 is 0 Å². The summed E-state index contributed by atoms with van der Waals surface area (Å²) in [4.78, 5) is 13.8. The second-order valence-electron chi connectivity index (χ2n) is 5.28. The Labute approximate surface area is 118 Å². The highest BCUT2D eigenvalue weighted by Crippen LogP contribution is 2.35. The van der Waals surface area contributed by atoms with Crippen LogP contribution in [-0.2, 0) is 11.2 Å². The van der Waals surface area contributed by atoms with Gasteiger partial charge in [0.15, 0.2) is 0 Å². The van der Waals surface area contributed by atoms with Gasteiger partial charge in [-0.15, -0.1) is 22.9 Å². The zero-order chi connectivity index (χ0) is 13.2. The van der Waals surface area contributed by atoms with Gasteiger partial charge >= 0.3 is 0 Å². The monoisotopic (exact) mass is 285 g/mol. The third kappa shape index (κ3) is 2.72. The number of amides is 1. The van der Waals surface area contributed by atoms with Crippen molar-refractivity contribution in [3.63, 3.8) is 0 Å². The van der Waals surface area contributed by atoms with Gasteiger partial charge in [-0.25, -0.2) is 0 Å². The van der Waals surface area contributed by atoms with Gasteiger partial charge in [0, 0.05) is 10.8 Å². The number of thiophene rings is 1. The summed E-state index contributed by atoms with van der Waals surface area (Å²) in [5.41, 5.74) is 0.948. The lowest BCUT2D eigenvalue weighted by Crippen LogP contribution is -2.49. The number of rotatable bonds is 4. The van der Waals surface area contributed by atoms with Crippen molar-refractivity contribution in [2.45, 2.75) is 51.0 Å². The van der Waals surface area contributed by atoms with Crippen molar-refractivity contribution >= 4 is 28.8 Å². The summed E-state index contributed by atoms with van der Waals surface area (Å²) in [7, 11) is 0. The minimum atomic E-state index is -0.285. The average molecular weight is 286 g/mol. The van der Waals surface area contributed by atoms with Gasteiger partial charge in [-0.05, 0) is 49.6 Å².